The summed E-state index contributed by atoms with van der Waals surface area (Å²) in [6.07, 6.45) is 0.310. The highest BCUT2D eigenvalue weighted by molar-refractivity contribution is 7.91. The zero-order valence-electron chi connectivity index (χ0n) is 10.6. The molecule has 0 aliphatic rings. The van der Waals surface area contributed by atoms with E-state index in [1.54, 1.807) is 13.0 Å². The Morgan fingerprint density at radius 2 is 2.11 bits per heavy atom. The van der Waals surface area contributed by atoms with Crippen LogP contribution in [0.2, 0.25) is 0 Å². The standard InChI is InChI=1S/C12H17NO5S/c1-2-19(16,17)8-4-7-18-10-6-3-5-9(13)11(10)12(14)15/h3,5-6H,2,4,7-8,13H2,1H3,(H,14,15). The van der Waals surface area contributed by atoms with Crippen molar-refractivity contribution < 1.29 is 23.1 Å². The third kappa shape index (κ3) is 4.44. The lowest BCUT2D eigenvalue weighted by molar-refractivity contribution is 0.0693. The van der Waals surface area contributed by atoms with E-state index >= 15 is 0 Å². The van der Waals surface area contributed by atoms with Gasteiger partial charge in [0.05, 0.1) is 12.4 Å². The Labute approximate surface area is 112 Å². The smallest absolute Gasteiger partial charge is 0.341 e. The maximum atomic E-state index is 11.3. The van der Waals surface area contributed by atoms with E-state index in [4.69, 9.17) is 15.6 Å². The van der Waals surface area contributed by atoms with Crippen molar-refractivity contribution in [1.82, 2.24) is 0 Å². The number of aromatic carboxylic acids is 1. The molecular weight excluding hydrogens is 270 g/mol. The normalized spacial score (nSPS) is 11.2. The minimum atomic E-state index is -3.03. The van der Waals surface area contributed by atoms with Crippen LogP contribution in [0.25, 0.3) is 0 Å². The lowest BCUT2D eigenvalue weighted by atomic mass is 10.1. The van der Waals surface area contributed by atoms with Crippen LogP contribution in [0.4, 0.5) is 5.69 Å². The molecule has 0 aliphatic carbocycles. The molecule has 0 saturated heterocycles. The molecule has 3 N–H and O–H groups in total. The molecule has 1 rings (SSSR count). The molecule has 0 aliphatic heterocycles. The number of nitrogen functional groups attached to an aromatic ring is 1. The summed E-state index contributed by atoms with van der Waals surface area (Å²) in [7, 11) is -3.03. The first-order valence-corrected chi connectivity index (χ1v) is 7.64. The lowest BCUT2D eigenvalue weighted by Crippen LogP contribution is -2.13. The fraction of sp³-hybridized carbons (Fsp3) is 0.417. The van der Waals surface area contributed by atoms with E-state index in [2.05, 4.69) is 0 Å². The maximum absolute atomic E-state index is 11.3. The number of hydrogen-bond donors (Lipinski definition) is 2. The average molecular weight is 287 g/mol. The molecule has 0 saturated carbocycles. The molecule has 1 aromatic carbocycles. The number of nitrogens with two attached hydrogens (primary N) is 1. The third-order valence-electron chi connectivity index (χ3n) is 2.57. The van der Waals surface area contributed by atoms with E-state index in [0.29, 0.717) is 6.42 Å². The average Bonchev–Trinajstić information content (AvgIpc) is 2.34. The van der Waals surface area contributed by atoms with E-state index < -0.39 is 15.8 Å². The van der Waals surface area contributed by atoms with Gasteiger partial charge >= 0.3 is 5.97 Å². The van der Waals surface area contributed by atoms with Gasteiger partial charge in [-0.15, -0.1) is 0 Å². The van der Waals surface area contributed by atoms with Crippen molar-refractivity contribution in [3.63, 3.8) is 0 Å². The summed E-state index contributed by atoms with van der Waals surface area (Å²) in [6.45, 7) is 1.71. The van der Waals surface area contributed by atoms with Crippen LogP contribution in [0, 0.1) is 0 Å². The monoisotopic (exact) mass is 287 g/mol. The SMILES string of the molecule is CCS(=O)(=O)CCCOc1cccc(N)c1C(=O)O. The second-order valence-corrected chi connectivity index (χ2v) is 6.44. The molecule has 106 valence electrons. The summed E-state index contributed by atoms with van der Waals surface area (Å²) in [5, 5.41) is 9.01. The van der Waals surface area contributed by atoms with Crippen molar-refractivity contribution in [2.45, 2.75) is 13.3 Å². The summed E-state index contributed by atoms with van der Waals surface area (Å²) in [5.41, 5.74) is 5.58. The second kappa shape index (κ2) is 6.42. The Morgan fingerprint density at radius 3 is 2.68 bits per heavy atom. The van der Waals surface area contributed by atoms with Gasteiger partial charge < -0.3 is 15.6 Å². The molecule has 0 radical (unpaired) electrons. The molecule has 0 heterocycles. The van der Waals surface area contributed by atoms with Gasteiger partial charge in [0.2, 0.25) is 0 Å². The molecule has 0 aromatic heterocycles. The number of ether oxygens (including phenoxy) is 1. The minimum absolute atomic E-state index is 0.0220. The van der Waals surface area contributed by atoms with Gasteiger partial charge in [0.1, 0.15) is 21.2 Å². The zero-order valence-corrected chi connectivity index (χ0v) is 11.4. The molecule has 7 heteroatoms. The summed E-state index contributed by atoms with van der Waals surface area (Å²) in [6, 6.07) is 4.55. The first-order chi connectivity index (χ1) is 8.87. The topological polar surface area (TPSA) is 107 Å². The van der Waals surface area contributed by atoms with Gasteiger partial charge in [-0.05, 0) is 18.6 Å². The summed E-state index contributed by atoms with van der Waals surface area (Å²) in [4.78, 5) is 11.0. The van der Waals surface area contributed by atoms with Gasteiger partial charge in [-0.2, -0.15) is 0 Å². The number of carbonyl (C=O) groups is 1. The number of benzene rings is 1. The number of carboxylic acids is 1. The first kappa shape index (κ1) is 15.3. The number of rotatable bonds is 7. The number of anilines is 1. The van der Waals surface area contributed by atoms with Gasteiger partial charge in [-0.3, -0.25) is 0 Å². The highest BCUT2D eigenvalue weighted by Gasteiger charge is 2.15. The quantitative estimate of drug-likeness (QED) is 0.576. The van der Waals surface area contributed by atoms with Crippen molar-refractivity contribution in [1.29, 1.82) is 0 Å². The predicted molar refractivity (Wildman–Crippen MR) is 72.3 cm³/mol. The largest absolute Gasteiger partial charge is 0.493 e. The molecule has 0 unspecified atom stereocenters. The van der Waals surface area contributed by atoms with E-state index in [0.717, 1.165) is 0 Å². The molecule has 0 spiro atoms. The van der Waals surface area contributed by atoms with Crippen molar-refractivity contribution in [2.24, 2.45) is 0 Å². The first-order valence-electron chi connectivity index (χ1n) is 5.82. The van der Waals surface area contributed by atoms with Crippen LogP contribution in [0.3, 0.4) is 0 Å². The Hall–Kier alpha value is -1.76. The molecular formula is C12H17NO5S. The Kier molecular flexibility index (Phi) is 5.17. The van der Waals surface area contributed by atoms with E-state index in [1.807, 2.05) is 0 Å². The number of sulfone groups is 1. The molecule has 19 heavy (non-hydrogen) atoms. The Balaban J connectivity index is 2.64. The Bertz CT molecular complexity index is 553. The van der Waals surface area contributed by atoms with Crippen LogP contribution < -0.4 is 10.5 Å². The van der Waals surface area contributed by atoms with Gasteiger partial charge in [0, 0.05) is 11.4 Å². The lowest BCUT2D eigenvalue weighted by Gasteiger charge is -2.10. The van der Waals surface area contributed by atoms with Crippen LogP contribution in [-0.2, 0) is 9.84 Å². The molecule has 0 amide bonds. The van der Waals surface area contributed by atoms with E-state index in [9.17, 15) is 13.2 Å². The second-order valence-electron chi connectivity index (χ2n) is 3.96. The van der Waals surface area contributed by atoms with Crippen molar-refractivity contribution in [3.05, 3.63) is 23.8 Å². The molecule has 0 bridgehead atoms. The molecule has 0 atom stereocenters. The van der Waals surface area contributed by atoms with Crippen LogP contribution >= 0.6 is 0 Å². The number of carboxylic acid groups (broad SMARTS) is 1. The molecule has 6 nitrogen and oxygen atoms in total. The van der Waals surface area contributed by atoms with Gasteiger partial charge in [-0.1, -0.05) is 13.0 Å². The third-order valence-corrected chi connectivity index (χ3v) is 4.36. The molecule has 1 aromatic rings. The van der Waals surface area contributed by atoms with Crippen molar-refractivity contribution in [3.8, 4) is 5.75 Å². The Morgan fingerprint density at radius 1 is 1.42 bits per heavy atom. The van der Waals surface area contributed by atoms with Crippen LogP contribution in [0.1, 0.15) is 23.7 Å². The van der Waals surface area contributed by atoms with Crippen molar-refractivity contribution in [2.75, 3.05) is 23.8 Å². The summed E-state index contributed by atoms with van der Waals surface area (Å²) < 4.78 is 27.8. The minimum Gasteiger partial charge on any atom is -0.493 e. The van der Waals surface area contributed by atoms with E-state index in [-0.39, 0.29) is 35.1 Å². The summed E-state index contributed by atoms with van der Waals surface area (Å²) in [5.74, 6) is -0.907. The fourth-order valence-corrected chi connectivity index (χ4v) is 2.35. The number of hydrogen-bond acceptors (Lipinski definition) is 5. The predicted octanol–water partition coefficient (Wildman–Crippen LogP) is 1.17. The van der Waals surface area contributed by atoms with Crippen LogP contribution in [0.5, 0.6) is 5.75 Å². The highest BCUT2D eigenvalue weighted by atomic mass is 32.2. The van der Waals surface area contributed by atoms with Gasteiger partial charge in [0.15, 0.2) is 0 Å². The van der Waals surface area contributed by atoms with Crippen LogP contribution in [0.15, 0.2) is 18.2 Å². The summed E-state index contributed by atoms with van der Waals surface area (Å²) >= 11 is 0. The van der Waals surface area contributed by atoms with E-state index in [1.165, 1.54) is 12.1 Å². The highest BCUT2D eigenvalue weighted by Crippen LogP contribution is 2.24. The van der Waals surface area contributed by atoms with Gasteiger partial charge in [-0.25, -0.2) is 13.2 Å². The van der Waals surface area contributed by atoms with Gasteiger partial charge in [0.25, 0.3) is 0 Å². The van der Waals surface area contributed by atoms with Crippen LogP contribution in [-0.4, -0.2) is 37.6 Å². The molecule has 0 fully saturated rings. The fourth-order valence-electron chi connectivity index (χ4n) is 1.50. The maximum Gasteiger partial charge on any atom is 0.341 e. The zero-order chi connectivity index (χ0) is 14.5. The van der Waals surface area contributed by atoms with Crippen molar-refractivity contribution >= 4 is 21.5 Å².